The van der Waals surface area contributed by atoms with E-state index in [1.807, 2.05) is 18.2 Å². The molecule has 5 nitrogen and oxygen atoms in total. The topological polar surface area (TPSA) is 73.1 Å². The normalized spacial score (nSPS) is 10.2. The standard InChI is InChI=1S/C11H10Br2N4O/c1-18-8-3-2-6(12)4-7(8)15-11-16-9(13)5-10(14)17-11/h2-5H,1H3,(H3,14,15,16,17). The van der Waals surface area contributed by atoms with Crippen molar-refractivity contribution in [3.8, 4) is 5.75 Å². The number of methoxy groups -OCH3 is 1. The van der Waals surface area contributed by atoms with Crippen LogP contribution in [-0.2, 0) is 0 Å². The quantitative estimate of drug-likeness (QED) is 0.807. The first-order chi connectivity index (χ1) is 8.58. The molecule has 2 rings (SSSR count). The zero-order valence-corrected chi connectivity index (χ0v) is 12.6. The number of nitrogens with zero attached hydrogens (tertiary/aromatic N) is 2. The molecule has 0 amide bonds. The van der Waals surface area contributed by atoms with Gasteiger partial charge in [0.1, 0.15) is 16.2 Å². The third kappa shape index (κ3) is 3.11. The summed E-state index contributed by atoms with van der Waals surface area (Å²) in [6.45, 7) is 0. The van der Waals surface area contributed by atoms with E-state index in [1.165, 1.54) is 0 Å². The van der Waals surface area contributed by atoms with E-state index in [0.717, 1.165) is 10.2 Å². The summed E-state index contributed by atoms with van der Waals surface area (Å²) in [5.74, 6) is 1.48. The molecule has 0 aliphatic rings. The lowest BCUT2D eigenvalue weighted by atomic mass is 10.3. The van der Waals surface area contributed by atoms with Crippen LogP contribution in [0.3, 0.4) is 0 Å². The van der Waals surface area contributed by atoms with E-state index in [4.69, 9.17) is 10.5 Å². The van der Waals surface area contributed by atoms with Gasteiger partial charge in [-0.25, -0.2) is 4.98 Å². The highest BCUT2D eigenvalue weighted by Gasteiger charge is 2.07. The number of anilines is 3. The van der Waals surface area contributed by atoms with Crippen LogP contribution in [0.25, 0.3) is 0 Å². The molecule has 0 fully saturated rings. The van der Waals surface area contributed by atoms with E-state index in [0.29, 0.717) is 22.1 Å². The van der Waals surface area contributed by atoms with E-state index in [1.54, 1.807) is 13.2 Å². The zero-order valence-electron chi connectivity index (χ0n) is 9.45. The largest absolute Gasteiger partial charge is 0.495 e. The number of halogens is 2. The molecule has 2 aromatic rings. The molecule has 0 aliphatic heterocycles. The summed E-state index contributed by atoms with van der Waals surface area (Å²) >= 11 is 6.66. The zero-order chi connectivity index (χ0) is 13.1. The van der Waals surface area contributed by atoms with Crippen LogP contribution in [0.4, 0.5) is 17.5 Å². The van der Waals surface area contributed by atoms with E-state index in [2.05, 4.69) is 47.1 Å². The molecule has 7 heteroatoms. The minimum absolute atomic E-state index is 0.383. The van der Waals surface area contributed by atoms with Gasteiger partial charge in [-0.1, -0.05) is 15.9 Å². The number of ether oxygens (including phenoxy) is 1. The fraction of sp³-hybridized carbons (Fsp3) is 0.0909. The number of nitrogens with two attached hydrogens (primary N) is 1. The van der Waals surface area contributed by atoms with Crippen molar-refractivity contribution in [3.05, 3.63) is 33.3 Å². The van der Waals surface area contributed by atoms with Gasteiger partial charge in [0.05, 0.1) is 12.8 Å². The van der Waals surface area contributed by atoms with E-state index in [9.17, 15) is 0 Å². The van der Waals surface area contributed by atoms with E-state index in [-0.39, 0.29) is 0 Å². The molecule has 1 aromatic heterocycles. The molecular weight excluding hydrogens is 364 g/mol. The highest BCUT2D eigenvalue weighted by atomic mass is 79.9. The van der Waals surface area contributed by atoms with Crippen LogP contribution in [-0.4, -0.2) is 17.1 Å². The molecule has 0 aliphatic carbocycles. The lowest BCUT2D eigenvalue weighted by molar-refractivity contribution is 0.416. The summed E-state index contributed by atoms with van der Waals surface area (Å²) in [4.78, 5) is 8.27. The molecule has 1 heterocycles. The van der Waals surface area contributed by atoms with Crippen LogP contribution in [0.5, 0.6) is 5.75 Å². The number of nitrogens with one attached hydrogen (secondary N) is 1. The minimum atomic E-state index is 0.383. The Labute approximate surface area is 121 Å². The number of hydrogen-bond acceptors (Lipinski definition) is 5. The molecule has 0 saturated heterocycles. The summed E-state index contributed by atoms with van der Waals surface area (Å²) in [5, 5.41) is 3.06. The Kier molecular flexibility index (Phi) is 4.03. The molecule has 0 atom stereocenters. The molecular formula is C11H10Br2N4O. The molecule has 0 spiro atoms. The maximum absolute atomic E-state index is 5.65. The Balaban J connectivity index is 2.35. The van der Waals surface area contributed by atoms with Crippen molar-refractivity contribution >= 4 is 49.3 Å². The first-order valence-corrected chi connectivity index (χ1v) is 6.57. The SMILES string of the molecule is COc1ccc(Br)cc1Nc1nc(N)cc(Br)n1. The Hall–Kier alpha value is -1.34. The molecule has 94 valence electrons. The lowest BCUT2D eigenvalue weighted by Crippen LogP contribution is -2.02. The van der Waals surface area contributed by atoms with Gasteiger partial charge in [-0.3, -0.25) is 0 Å². The first kappa shape index (κ1) is 13.1. The van der Waals surface area contributed by atoms with Gasteiger partial charge in [0.15, 0.2) is 0 Å². The van der Waals surface area contributed by atoms with Gasteiger partial charge in [0.2, 0.25) is 5.95 Å². The Morgan fingerprint density at radius 3 is 2.67 bits per heavy atom. The fourth-order valence-corrected chi connectivity index (χ4v) is 2.15. The Bertz CT molecular complexity index is 557. The van der Waals surface area contributed by atoms with Crippen molar-refractivity contribution in [1.82, 2.24) is 9.97 Å². The number of benzene rings is 1. The Morgan fingerprint density at radius 1 is 1.22 bits per heavy atom. The average molecular weight is 374 g/mol. The van der Waals surface area contributed by atoms with Crippen LogP contribution >= 0.6 is 31.9 Å². The summed E-state index contributed by atoms with van der Waals surface area (Å²) in [6, 6.07) is 7.23. The number of aromatic nitrogens is 2. The highest BCUT2D eigenvalue weighted by Crippen LogP contribution is 2.30. The van der Waals surface area contributed by atoms with Crippen LogP contribution in [0.15, 0.2) is 33.3 Å². The third-order valence-electron chi connectivity index (χ3n) is 2.12. The second kappa shape index (κ2) is 5.53. The summed E-state index contributed by atoms with van der Waals surface area (Å²) in [5.41, 5.74) is 6.41. The van der Waals surface area contributed by atoms with Crippen LogP contribution < -0.4 is 15.8 Å². The van der Waals surface area contributed by atoms with Gasteiger partial charge in [0.25, 0.3) is 0 Å². The maximum Gasteiger partial charge on any atom is 0.230 e. The maximum atomic E-state index is 5.65. The van der Waals surface area contributed by atoms with Gasteiger partial charge in [-0.05, 0) is 34.1 Å². The lowest BCUT2D eigenvalue weighted by Gasteiger charge is -2.10. The third-order valence-corrected chi connectivity index (χ3v) is 3.02. The van der Waals surface area contributed by atoms with Gasteiger partial charge in [-0.2, -0.15) is 4.98 Å². The number of nitrogen functional groups attached to an aromatic ring is 1. The highest BCUT2D eigenvalue weighted by molar-refractivity contribution is 9.10. The average Bonchev–Trinajstić information content (AvgIpc) is 2.27. The summed E-state index contributed by atoms with van der Waals surface area (Å²) in [6.07, 6.45) is 0. The van der Waals surface area contributed by atoms with Crippen LogP contribution in [0.2, 0.25) is 0 Å². The van der Waals surface area contributed by atoms with E-state index >= 15 is 0 Å². The van der Waals surface area contributed by atoms with Crippen molar-refractivity contribution in [2.75, 3.05) is 18.2 Å². The summed E-state index contributed by atoms with van der Waals surface area (Å²) in [7, 11) is 1.60. The summed E-state index contributed by atoms with van der Waals surface area (Å²) < 4.78 is 6.79. The Morgan fingerprint density at radius 2 is 2.00 bits per heavy atom. The monoisotopic (exact) mass is 372 g/mol. The van der Waals surface area contributed by atoms with Crippen molar-refractivity contribution in [1.29, 1.82) is 0 Å². The number of rotatable bonds is 3. The predicted molar refractivity (Wildman–Crippen MR) is 78.1 cm³/mol. The van der Waals surface area contributed by atoms with Crippen molar-refractivity contribution in [2.45, 2.75) is 0 Å². The molecule has 1 aromatic carbocycles. The molecule has 3 N–H and O–H groups in total. The smallest absolute Gasteiger partial charge is 0.230 e. The van der Waals surface area contributed by atoms with Crippen LogP contribution in [0, 0.1) is 0 Å². The molecule has 0 saturated carbocycles. The van der Waals surface area contributed by atoms with Crippen molar-refractivity contribution < 1.29 is 4.74 Å². The van der Waals surface area contributed by atoms with Crippen molar-refractivity contribution in [2.24, 2.45) is 0 Å². The minimum Gasteiger partial charge on any atom is -0.495 e. The predicted octanol–water partition coefficient (Wildman–Crippen LogP) is 3.34. The molecule has 18 heavy (non-hydrogen) atoms. The fourth-order valence-electron chi connectivity index (χ4n) is 1.39. The second-order valence-corrected chi connectivity index (χ2v) is 5.14. The molecule has 0 bridgehead atoms. The number of hydrogen-bond donors (Lipinski definition) is 2. The van der Waals surface area contributed by atoms with Crippen molar-refractivity contribution in [3.63, 3.8) is 0 Å². The molecule has 0 unspecified atom stereocenters. The van der Waals surface area contributed by atoms with Gasteiger partial charge >= 0.3 is 0 Å². The van der Waals surface area contributed by atoms with Gasteiger partial charge < -0.3 is 15.8 Å². The van der Waals surface area contributed by atoms with Crippen LogP contribution in [0.1, 0.15) is 0 Å². The molecule has 0 radical (unpaired) electrons. The van der Waals surface area contributed by atoms with E-state index < -0.39 is 0 Å². The second-order valence-electron chi connectivity index (χ2n) is 3.41. The first-order valence-electron chi connectivity index (χ1n) is 4.99. The van der Waals surface area contributed by atoms with Gasteiger partial charge in [-0.15, -0.1) is 0 Å². The van der Waals surface area contributed by atoms with Gasteiger partial charge in [0, 0.05) is 10.5 Å².